The maximum absolute atomic E-state index is 11.1. The standard InChI is InChI=1S/C7H15NO2S/c1-3-4-11(9,10)8-7-5-6(7)2/h6-8H,3-5H2,1-2H3. The highest BCUT2D eigenvalue weighted by Gasteiger charge is 2.35. The molecule has 1 aliphatic rings. The average Bonchev–Trinajstić information content (AvgIpc) is 2.44. The minimum Gasteiger partial charge on any atom is -0.212 e. The quantitative estimate of drug-likeness (QED) is 0.688. The minimum absolute atomic E-state index is 0.228. The highest BCUT2D eigenvalue weighted by molar-refractivity contribution is 7.89. The molecule has 11 heavy (non-hydrogen) atoms. The van der Waals surface area contributed by atoms with Crippen molar-refractivity contribution in [2.45, 2.75) is 32.7 Å². The van der Waals surface area contributed by atoms with E-state index in [0.29, 0.717) is 12.3 Å². The van der Waals surface area contributed by atoms with E-state index >= 15 is 0 Å². The molecule has 0 radical (unpaired) electrons. The SMILES string of the molecule is CCCS(=O)(=O)NC1CC1C. The summed E-state index contributed by atoms with van der Waals surface area (Å²) in [6, 6.07) is 0.228. The molecule has 0 aromatic rings. The Balaban J connectivity index is 2.35. The summed E-state index contributed by atoms with van der Waals surface area (Å²) in [5.74, 6) is 0.803. The first-order valence-electron chi connectivity index (χ1n) is 4.05. The number of rotatable bonds is 4. The van der Waals surface area contributed by atoms with Crippen molar-refractivity contribution in [3.8, 4) is 0 Å². The molecule has 4 heteroatoms. The van der Waals surface area contributed by atoms with Gasteiger partial charge in [-0.25, -0.2) is 13.1 Å². The van der Waals surface area contributed by atoms with Gasteiger partial charge in [0.25, 0.3) is 0 Å². The predicted octanol–water partition coefficient (Wildman–Crippen LogP) is 0.724. The smallest absolute Gasteiger partial charge is 0.211 e. The largest absolute Gasteiger partial charge is 0.212 e. The van der Waals surface area contributed by atoms with E-state index in [9.17, 15) is 8.42 Å². The van der Waals surface area contributed by atoms with Crippen LogP contribution in [0.1, 0.15) is 26.7 Å². The second kappa shape index (κ2) is 3.11. The summed E-state index contributed by atoms with van der Waals surface area (Å²) in [4.78, 5) is 0. The Kier molecular flexibility index (Phi) is 2.54. The summed E-state index contributed by atoms with van der Waals surface area (Å²) in [6.45, 7) is 3.93. The van der Waals surface area contributed by atoms with Crippen LogP contribution in [0, 0.1) is 5.92 Å². The van der Waals surface area contributed by atoms with Gasteiger partial charge in [-0.2, -0.15) is 0 Å². The molecule has 0 aromatic heterocycles. The molecule has 0 heterocycles. The highest BCUT2D eigenvalue weighted by atomic mass is 32.2. The van der Waals surface area contributed by atoms with Gasteiger partial charge in [-0.05, 0) is 18.8 Å². The fraction of sp³-hybridized carbons (Fsp3) is 1.00. The molecule has 0 aliphatic heterocycles. The van der Waals surface area contributed by atoms with Gasteiger partial charge < -0.3 is 0 Å². The van der Waals surface area contributed by atoms with Gasteiger partial charge in [-0.15, -0.1) is 0 Å². The summed E-state index contributed by atoms with van der Waals surface area (Å²) >= 11 is 0. The molecule has 2 unspecified atom stereocenters. The van der Waals surface area contributed by atoms with Crippen LogP contribution < -0.4 is 4.72 Å². The molecule has 1 saturated carbocycles. The van der Waals surface area contributed by atoms with Gasteiger partial charge in [-0.1, -0.05) is 13.8 Å². The van der Waals surface area contributed by atoms with Crippen molar-refractivity contribution in [1.29, 1.82) is 0 Å². The van der Waals surface area contributed by atoms with E-state index in [1.54, 1.807) is 0 Å². The first-order valence-corrected chi connectivity index (χ1v) is 5.70. The van der Waals surface area contributed by atoms with Crippen molar-refractivity contribution < 1.29 is 8.42 Å². The fourth-order valence-electron chi connectivity index (χ4n) is 1.04. The van der Waals surface area contributed by atoms with Crippen molar-refractivity contribution in [1.82, 2.24) is 4.72 Å². The van der Waals surface area contributed by atoms with Gasteiger partial charge in [0.05, 0.1) is 5.75 Å². The molecule has 1 fully saturated rings. The summed E-state index contributed by atoms with van der Waals surface area (Å²) < 4.78 is 24.9. The van der Waals surface area contributed by atoms with E-state index in [4.69, 9.17) is 0 Å². The Bertz CT molecular complexity index is 223. The van der Waals surface area contributed by atoms with Crippen LogP contribution in [-0.2, 0) is 10.0 Å². The molecule has 1 aliphatic carbocycles. The van der Waals surface area contributed by atoms with Crippen LogP contribution in [-0.4, -0.2) is 20.2 Å². The van der Waals surface area contributed by atoms with Gasteiger partial charge in [0.2, 0.25) is 10.0 Å². The van der Waals surface area contributed by atoms with E-state index in [2.05, 4.69) is 11.6 Å². The minimum atomic E-state index is -2.95. The van der Waals surface area contributed by atoms with Gasteiger partial charge >= 0.3 is 0 Å². The maximum atomic E-state index is 11.1. The monoisotopic (exact) mass is 177 g/mol. The molecule has 0 saturated heterocycles. The van der Waals surface area contributed by atoms with Gasteiger partial charge in [0, 0.05) is 6.04 Å². The number of sulfonamides is 1. The summed E-state index contributed by atoms with van der Waals surface area (Å²) in [5, 5.41) is 0. The normalized spacial score (nSPS) is 30.4. The summed E-state index contributed by atoms with van der Waals surface area (Å²) in [7, 11) is -2.95. The molecular formula is C7H15NO2S. The zero-order valence-electron chi connectivity index (χ0n) is 7.00. The lowest BCUT2D eigenvalue weighted by atomic mass is 10.5. The van der Waals surface area contributed by atoms with Crippen molar-refractivity contribution in [3.63, 3.8) is 0 Å². The molecule has 0 bridgehead atoms. The Morgan fingerprint density at radius 3 is 2.45 bits per heavy atom. The molecule has 1 rings (SSSR count). The Morgan fingerprint density at radius 1 is 1.55 bits per heavy atom. The lowest BCUT2D eigenvalue weighted by Gasteiger charge is -2.02. The first kappa shape index (κ1) is 9.00. The lowest BCUT2D eigenvalue weighted by molar-refractivity contribution is 0.577. The van der Waals surface area contributed by atoms with Crippen molar-refractivity contribution in [2.24, 2.45) is 5.92 Å². The molecule has 0 spiro atoms. The number of hydrogen-bond donors (Lipinski definition) is 1. The third-order valence-corrected chi connectivity index (χ3v) is 3.52. The Labute approximate surface area is 68.2 Å². The van der Waals surface area contributed by atoms with Crippen molar-refractivity contribution in [3.05, 3.63) is 0 Å². The van der Waals surface area contributed by atoms with Crippen molar-refractivity contribution >= 4 is 10.0 Å². The van der Waals surface area contributed by atoms with E-state index in [1.807, 2.05) is 6.92 Å². The van der Waals surface area contributed by atoms with Crippen LogP contribution in [0.5, 0.6) is 0 Å². The van der Waals surface area contributed by atoms with Crippen LogP contribution >= 0.6 is 0 Å². The Morgan fingerprint density at radius 2 is 2.09 bits per heavy atom. The Hall–Kier alpha value is -0.0900. The van der Waals surface area contributed by atoms with Gasteiger partial charge in [0.15, 0.2) is 0 Å². The van der Waals surface area contributed by atoms with E-state index in [1.165, 1.54) is 0 Å². The van der Waals surface area contributed by atoms with Crippen LogP contribution in [0.3, 0.4) is 0 Å². The topological polar surface area (TPSA) is 46.2 Å². The maximum Gasteiger partial charge on any atom is 0.211 e. The fourth-order valence-corrected chi connectivity index (χ4v) is 2.49. The molecule has 66 valence electrons. The highest BCUT2D eigenvalue weighted by Crippen LogP contribution is 2.29. The molecule has 1 N–H and O–H groups in total. The molecule has 0 aromatic carbocycles. The van der Waals surface area contributed by atoms with Crippen molar-refractivity contribution in [2.75, 3.05) is 5.75 Å². The second-order valence-electron chi connectivity index (χ2n) is 3.26. The van der Waals surface area contributed by atoms with E-state index < -0.39 is 10.0 Å². The predicted molar refractivity (Wildman–Crippen MR) is 44.8 cm³/mol. The molecule has 2 atom stereocenters. The van der Waals surface area contributed by atoms with Crippen LogP contribution in [0.4, 0.5) is 0 Å². The molecular weight excluding hydrogens is 162 g/mol. The number of hydrogen-bond acceptors (Lipinski definition) is 2. The van der Waals surface area contributed by atoms with E-state index in [0.717, 1.165) is 6.42 Å². The van der Waals surface area contributed by atoms with E-state index in [-0.39, 0.29) is 11.8 Å². The molecule has 3 nitrogen and oxygen atoms in total. The third-order valence-electron chi connectivity index (χ3n) is 1.91. The van der Waals surface area contributed by atoms with Crippen LogP contribution in [0.2, 0.25) is 0 Å². The zero-order chi connectivity index (χ0) is 8.48. The third kappa shape index (κ3) is 2.79. The first-order chi connectivity index (χ1) is 5.05. The zero-order valence-corrected chi connectivity index (χ0v) is 7.82. The van der Waals surface area contributed by atoms with Crippen LogP contribution in [0.15, 0.2) is 0 Å². The summed E-state index contributed by atoms with van der Waals surface area (Å²) in [5.41, 5.74) is 0. The van der Waals surface area contributed by atoms with Gasteiger partial charge in [-0.3, -0.25) is 0 Å². The lowest BCUT2D eigenvalue weighted by Crippen LogP contribution is -2.28. The summed E-state index contributed by atoms with van der Waals surface area (Å²) in [6.07, 6.45) is 1.69. The van der Waals surface area contributed by atoms with Gasteiger partial charge in [0.1, 0.15) is 0 Å². The molecule has 0 amide bonds. The van der Waals surface area contributed by atoms with Crippen LogP contribution in [0.25, 0.3) is 0 Å². The second-order valence-corrected chi connectivity index (χ2v) is 5.13. The number of nitrogens with one attached hydrogen (secondary N) is 1. The average molecular weight is 177 g/mol.